The average Bonchev–Trinajstić information content (AvgIpc) is 2.70. The maximum Gasteiger partial charge on any atom is 0.244 e. The number of nitrogens with zero attached hydrogens (tertiary/aromatic N) is 2. The minimum absolute atomic E-state index is 0.474. The second-order valence-electron chi connectivity index (χ2n) is 4.81. The molecule has 5 nitrogen and oxygen atoms in total. The first kappa shape index (κ1) is 14.9. The maximum absolute atomic E-state index is 12.6. The number of hydrogen-bond acceptors (Lipinski definition) is 5. The van der Waals surface area contributed by atoms with Crippen molar-refractivity contribution in [3.63, 3.8) is 0 Å². The van der Waals surface area contributed by atoms with Gasteiger partial charge in [-0.25, -0.2) is 8.42 Å². The van der Waals surface area contributed by atoms with E-state index in [2.05, 4.69) is 4.90 Å². The number of aryl methyl sites for hydroxylation is 2. The highest BCUT2D eigenvalue weighted by atomic mass is 32.2. The van der Waals surface area contributed by atoms with E-state index >= 15 is 0 Å². The third-order valence-electron chi connectivity index (χ3n) is 3.39. The Morgan fingerprint density at radius 3 is 2.37 bits per heavy atom. The lowest BCUT2D eigenvalue weighted by molar-refractivity contribution is 0.192. The van der Waals surface area contributed by atoms with E-state index in [4.69, 9.17) is 5.73 Å². The Morgan fingerprint density at radius 1 is 1.26 bits per heavy atom. The van der Waals surface area contributed by atoms with Gasteiger partial charge in [0.1, 0.15) is 0 Å². The van der Waals surface area contributed by atoms with Crippen LogP contribution in [0.5, 0.6) is 0 Å². The molecule has 0 aromatic carbocycles. The van der Waals surface area contributed by atoms with Crippen molar-refractivity contribution >= 4 is 21.4 Å². The number of thiophene rings is 1. The summed E-state index contributed by atoms with van der Waals surface area (Å²) in [6.07, 6.45) is 0. The van der Waals surface area contributed by atoms with Crippen molar-refractivity contribution in [1.29, 1.82) is 0 Å². The Bertz CT molecular complexity index is 531. The van der Waals surface area contributed by atoms with Crippen LogP contribution < -0.4 is 5.73 Å². The molecule has 0 unspecified atom stereocenters. The molecule has 0 aliphatic carbocycles. The summed E-state index contributed by atoms with van der Waals surface area (Å²) >= 11 is 1.54. The minimum atomic E-state index is -3.32. The van der Waals surface area contributed by atoms with Crippen molar-refractivity contribution in [3.05, 3.63) is 15.8 Å². The van der Waals surface area contributed by atoms with Crippen LogP contribution in [-0.4, -0.2) is 56.9 Å². The standard InChI is InChI=1S/C12H21N3O2S2/c1-10-9-12(11(2)18-10)19(16,17)15-7-5-14(4-3-13)6-8-15/h9H,3-8,13H2,1-2H3. The Balaban J connectivity index is 2.12. The van der Waals surface area contributed by atoms with Crippen LogP contribution in [0.1, 0.15) is 9.75 Å². The summed E-state index contributed by atoms with van der Waals surface area (Å²) in [6, 6.07) is 1.78. The smallest absolute Gasteiger partial charge is 0.244 e. The van der Waals surface area contributed by atoms with Crippen molar-refractivity contribution in [2.45, 2.75) is 18.7 Å². The van der Waals surface area contributed by atoms with Crippen LogP contribution in [0.3, 0.4) is 0 Å². The average molecular weight is 303 g/mol. The first-order valence-electron chi connectivity index (χ1n) is 6.45. The highest BCUT2D eigenvalue weighted by Gasteiger charge is 2.30. The monoisotopic (exact) mass is 303 g/mol. The first-order valence-corrected chi connectivity index (χ1v) is 8.70. The first-order chi connectivity index (χ1) is 8.95. The van der Waals surface area contributed by atoms with Crippen molar-refractivity contribution in [2.75, 3.05) is 39.3 Å². The van der Waals surface area contributed by atoms with Crippen LogP contribution in [0.2, 0.25) is 0 Å². The molecule has 2 N–H and O–H groups in total. The highest BCUT2D eigenvalue weighted by Crippen LogP contribution is 2.28. The lowest BCUT2D eigenvalue weighted by atomic mass is 10.3. The lowest BCUT2D eigenvalue weighted by Gasteiger charge is -2.33. The second-order valence-corrected chi connectivity index (χ2v) is 8.18. The molecule has 2 heterocycles. The molecule has 0 spiro atoms. The summed E-state index contributed by atoms with van der Waals surface area (Å²) in [5.41, 5.74) is 5.52. The molecule has 1 saturated heterocycles. The molecule has 2 rings (SSSR count). The van der Waals surface area contributed by atoms with Crippen LogP contribution in [0, 0.1) is 13.8 Å². The molecular weight excluding hydrogens is 282 g/mol. The van der Waals surface area contributed by atoms with E-state index in [1.165, 1.54) is 11.3 Å². The molecular formula is C12H21N3O2S2. The Hall–Kier alpha value is -0.470. The van der Waals surface area contributed by atoms with Gasteiger partial charge in [-0.05, 0) is 19.9 Å². The number of sulfonamides is 1. The summed E-state index contributed by atoms with van der Waals surface area (Å²) in [4.78, 5) is 4.60. The van der Waals surface area contributed by atoms with Gasteiger partial charge in [0.15, 0.2) is 0 Å². The molecule has 108 valence electrons. The van der Waals surface area contributed by atoms with Crippen molar-refractivity contribution < 1.29 is 8.42 Å². The van der Waals surface area contributed by atoms with E-state index < -0.39 is 10.0 Å². The molecule has 1 aliphatic rings. The van der Waals surface area contributed by atoms with Gasteiger partial charge in [0, 0.05) is 49.0 Å². The molecule has 1 fully saturated rings. The molecule has 0 saturated carbocycles. The summed E-state index contributed by atoms with van der Waals surface area (Å²) in [6.45, 7) is 7.90. The van der Waals surface area contributed by atoms with Gasteiger partial charge in [-0.3, -0.25) is 4.90 Å². The molecule has 7 heteroatoms. The number of hydrogen-bond donors (Lipinski definition) is 1. The number of nitrogens with two attached hydrogens (primary N) is 1. The molecule has 1 aromatic rings. The van der Waals surface area contributed by atoms with Gasteiger partial charge < -0.3 is 5.73 Å². The predicted molar refractivity (Wildman–Crippen MR) is 78.0 cm³/mol. The SMILES string of the molecule is Cc1cc(S(=O)(=O)N2CCN(CCN)CC2)c(C)s1. The number of piperazine rings is 1. The fraction of sp³-hybridized carbons (Fsp3) is 0.667. The molecule has 0 bridgehead atoms. The summed E-state index contributed by atoms with van der Waals surface area (Å²) in [7, 11) is -3.32. The zero-order valence-corrected chi connectivity index (χ0v) is 13.1. The zero-order chi connectivity index (χ0) is 14.0. The summed E-state index contributed by atoms with van der Waals surface area (Å²) in [5.74, 6) is 0. The quantitative estimate of drug-likeness (QED) is 0.886. The van der Waals surface area contributed by atoms with E-state index in [-0.39, 0.29) is 0 Å². The third kappa shape index (κ3) is 3.17. The van der Waals surface area contributed by atoms with Crippen LogP contribution in [0.25, 0.3) is 0 Å². The fourth-order valence-corrected chi connectivity index (χ4v) is 5.32. The van der Waals surface area contributed by atoms with Crippen molar-refractivity contribution in [1.82, 2.24) is 9.21 Å². The molecule has 0 atom stereocenters. The molecule has 1 aromatic heterocycles. The van der Waals surface area contributed by atoms with E-state index in [1.807, 2.05) is 13.8 Å². The number of rotatable bonds is 4. The van der Waals surface area contributed by atoms with Crippen molar-refractivity contribution in [2.24, 2.45) is 5.73 Å². The minimum Gasteiger partial charge on any atom is -0.329 e. The van der Waals surface area contributed by atoms with Gasteiger partial charge in [-0.15, -0.1) is 11.3 Å². The molecule has 0 amide bonds. The third-order valence-corrected chi connectivity index (χ3v) is 6.51. The highest BCUT2D eigenvalue weighted by molar-refractivity contribution is 7.89. The van der Waals surface area contributed by atoms with Crippen LogP contribution in [0.4, 0.5) is 0 Å². The summed E-state index contributed by atoms with van der Waals surface area (Å²) in [5, 5.41) is 0. The zero-order valence-electron chi connectivity index (χ0n) is 11.4. The van der Waals surface area contributed by atoms with Crippen LogP contribution in [0.15, 0.2) is 11.0 Å². The topological polar surface area (TPSA) is 66.6 Å². The lowest BCUT2D eigenvalue weighted by Crippen LogP contribution is -2.49. The van der Waals surface area contributed by atoms with Gasteiger partial charge in [0.25, 0.3) is 0 Å². The van der Waals surface area contributed by atoms with Crippen LogP contribution >= 0.6 is 11.3 Å². The van der Waals surface area contributed by atoms with E-state index in [1.54, 1.807) is 10.4 Å². The normalized spacial score (nSPS) is 18.9. The van der Waals surface area contributed by atoms with E-state index in [0.717, 1.165) is 29.4 Å². The molecule has 0 radical (unpaired) electrons. The predicted octanol–water partition coefficient (Wildman–Crippen LogP) is 0.630. The maximum atomic E-state index is 12.6. The van der Waals surface area contributed by atoms with E-state index in [9.17, 15) is 8.42 Å². The van der Waals surface area contributed by atoms with Gasteiger partial charge in [0.2, 0.25) is 10.0 Å². The Morgan fingerprint density at radius 2 is 1.89 bits per heavy atom. The van der Waals surface area contributed by atoms with Gasteiger partial charge in [-0.2, -0.15) is 4.31 Å². The fourth-order valence-electron chi connectivity index (χ4n) is 2.38. The largest absolute Gasteiger partial charge is 0.329 e. The Labute approximate surface area is 119 Å². The molecule has 1 aliphatic heterocycles. The molecule has 19 heavy (non-hydrogen) atoms. The van der Waals surface area contributed by atoms with Gasteiger partial charge in [0.05, 0.1) is 4.90 Å². The van der Waals surface area contributed by atoms with Crippen LogP contribution in [-0.2, 0) is 10.0 Å². The van der Waals surface area contributed by atoms with Gasteiger partial charge in [-0.1, -0.05) is 0 Å². The summed E-state index contributed by atoms with van der Waals surface area (Å²) < 4.78 is 26.7. The van der Waals surface area contributed by atoms with E-state index in [0.29, 0.717) is 24.5 Å². The second kappa shape index (κ2) is 5.88. The van der Waals surface area contributed by atoms with Gasteiger partial charge >= 0.3 is 0 Å². The Kier molecular flexibility index (Phi) is 4.62. The van der Waals surface area contributed by atoms with Crippen molar-refractivity contribution in [3.8, 4) is 0 Å².